The van der Waals surface area contributed by atoms with Gasteiger partial charge >= 0.3 is 0 Å². The van der Waals surface area contributed by atoms with Crippen molar-refractivity contribution in [3.8, 4) is 11.5 Å². The number of unbranched alkanes of at least 4 members (excludes halogenated alkanes) is 1. The highest BCUT2D eigenvalue weighted by atomic mass is 28.3. The maximum absolute atomic E-state index is 10.9. The van der Waals surface area contributed by atoms with Gasteiger partial charge in [0, 0.05) is 18.7 Å². The second-order valence-corrected chi connectivity index (χ2v) is 10.5. The molecule has 0 atom stereocenters. The lowest BCUT2D eigenvalue weighted by Crippen LogP contribution is -2.16. The normalized spacial score (nSPS) is 10.6. The van der Waals surface area contributed by atoms with Gasteiger partial charge in [0.1, 0.15) is 8.07 Å². The van der Waals surface area contributed by atoms with Crippen molar-refractivity contribution in [1.82, 2.24) is 0 Å². The van der Waals surface area contributed by atoms with Gasteiger partial charge in [-0.1, -0.05) is 38.9 Å². The lowest BCUT2D eigenvalue weighted by molar-refractivity contribution is -0.384. The summed E-state index contributed by atoms with van der Waals surface area (Å²) in [6, 6.07) is 4.83. The first-order valence-corrected chi connectivity index (χ1v) is 10.4. The van der Waals surface area contributed by atoms with E-state index < -0.39 is 8.07 Å². The van der Waals surface area contributed by atoms with Gasteiger partial charge in [0.2, 0.25) is 0 Å². The van der Waals surface area contributed by atoms with Crippen LogP contribution < -0.4 is 5.32 Å². The summed E-state index contributed by atoms with van der Waals surface area (Å²) < 4.78 is 0. The molecule has 1 aromatic carbocycles. The van der Waals surface area contributed by atoms with E-state index in [9.17, 15) is 10.1 Å². The molecule has 4 nitrogen and oxygen atoms in total. The largest absolute Gasteiger partial charge is 0.384 e. The summed E-state index contributed by atoms with van der Waals surface area (Å²) in [5.74, 6) is 3.12. The summed E-state index contributed by atoms with van der Waals surface area (Å²) in [4.78, 5) is 10.5. The molecule has 0 amide bonds. The molecule has 1 aromatic rings. The second kappa shape index (κ2) is 7.11. The third-order valence-corrected chi connectivity index (χ3v) is 3.51. The minimum absolute atomic E-state index is 0.0888. The number of non-ortho nitro benzene ring substituents is 1. The zero-order chi connectivity index (χ0) is 15.2. The van der Waals surface area contributed by atoms with E-state index in [1.54, 1.807) is 12.1 Å². The Morgan fingerprint density at radius 2 is 2.05 bits per heavy atom. The first-order chi connectivity index (χ1) is 9.33. The van der Waals surface area contributed by atoms with E-state index in [4.69, 9.17) is 0 Å². The van der Waals surface area contributed by atoms with Crippen LogP contribution in [-0.4, -0.2) is 19.5 Å². The maximum atomic E-state index is 10.9. The first kappa shape index (κ1) is 16.3. The van der Waals surface area contributed by atoms with Crippen molar-refractivity contribution >= 4 is 19.4 Å². The zero-order valence-electron chi connectivity index (χ0n) is 12.6. The standard InChI is InChI=1S/C15H22N2O2Si/c1-5-6-10-16-15-8-7-14(17(18)19)12-13(15)9-11-20(2,3)4/h7-8,12,16H,5-6,10H2,1-4H3. The average molecular weight is 290 g/mol. The Balaban J connectivity index is 3.08. The SMILES string of the molecule is CCCCNc1ccc([N+](=O)[O-])cc1C#C[Si](C)(C)C. The minimum Gasteiger partial charge on any atom is -0.384 e. The van der Waals surface area contributed by atoms with Crippen LogP contribution in [0.3, 0.4) is 0 Å². The van der Waals surface area contributed by atoms with E-state index in [0.717, 1.165) is 30.6 Å². The lowest BCUT2D eigenvalue weighted by atomic mass is 10.1. The van der Waals surface area contributed by atoms with E-state index >= 15 is 0 Å². The molecule has 0 bridgehead atoms. The highest BCUT2D eigenvalue weighted by Gasteiger charge is 2.11. The van der Waals surface area contributed by atoms with Crippen molar-refractivity contribution in [3.63, 3.8) is 0 Å². The monoisotopic (exact) mass is 290 g/mol. The van der Waals surface area contributed by atoms with Crippen LogP contribution in [0.5, 0.6) is 0 Å². The van der Waals surface area contributed by atoms with E-state index in [2.05, 4.69) is 43.3 Å². The van der Waals surface area contributed by atoms with E-state index in [-0.39, 0.29) is 10.6 Å². The van der Waals surface area contributed by atoms with Crippen LogP contribution in [0.15, 0.2) is 18.2 Å². The molecular formula is C15H22N2O2Si. The predicted octanol–water partition coefficient (Wildman–Crippen LogP) is 4.04. The van der Waals surface area contributed by atoms with Crippen LogP contribution in [-0.2, 0) is 0 Å². The molecule has 0 saturated carbocycles. The Bertz CT molecular complexity index is 539. The molecule has 108 valence electrons. The molecule has 0 heterocycles. The average Bonchev–Trinajstić information content (AvgIpc) is 2.36. The fourth-order valence-corrected chi connectivity index (χ4v) is 2.07. The minimum atomic E-state index is -1.50. The van der Waals surface area contributed by atoms with Gasteiger partial charge in [-0.25, -0.2) is 0 Å². The molecule has 0 radical (unpaired) electrons. The molecule has 5 heteroatoms. The number of nitro benzene ring substituents is 1. The van der Waals surface area contributed by atoms with Crippen molar-refractivity contribution in [3.05, 3.63) is 33.9 Å². The predicted molar refractivity (Wildman–Crippen MR) is 86.7 cm³/mol. The topological polar surface area (TPSA) is 55.2 Å². The summed E-state index contributed by atoms with van der Waals surface area (Å²) >= 11 is 0. The molecule has 0 aromatic heterocycles. The van der Waals surface area contributed by atoms with Gasteiger partial charge in [-0.15, -0.1) is 5.54 Å². The molecule has 1 N–H and O–H groups in total. The molecule has 20 heavy (non-hydrogen) atoms. The summed E-state index contributed by atoms with van der Waals surface area (Å²) in [5, 5.41) is 14.2. The molecule has 0 saturated heterocycles. The first-order valence-electron chi connectivity index (χ1n) is 6.89. The number of hydrogen-bond acceptors (Lipinski definition) is 3. The third kappa shape index (κ3) is 5.45. The Hall–Kier alpha value is -1.80. The van der Waals surface area contributed by atoms with E-state index in [0.29, 0.717) is 0 Å². The molecule has 0 fully saturated rings. The van der Waals surface area contributed by atoms with Crippen molar-refractivity contribution in [2.75, 3.05) is 11.9 Å². The fourth-order valence-electron chi connectivity index (χ4n) is 1.56. The van der Waals surface area contributed by atoms with Crippen molar-refractivity contribution < 1.29 is 4.92 Å². The smallest absolute Gasteiger partial charge is 0.270 e. The van der Waals surface area contributed by atoms with Gasteiger partial charge in [-0.2, -0.15) is 0 Å². The van der Waals surface area contributed by atoms with Crippen LogP contribution in [0.4, 0.5) is 11.4 Å². The summed E-state index contributed by atoms with van der Waals surface area (Å²) in [7, 11) is -1.50. The van der Waals surface area contributed by atoms with Gasteiger partial charge in [0.15, 0.2) is 0 Å². The second-order valence-electron chi connectivity index (χ2n) is 5.77. The Labute approximate surface area is 121 Å². The number of nitrogens with one attached hydrogen (secondary N) is 1. The summed E-state index contributed by atoms with van der Waals surface area (Å²) in [6.45, 7) is 9.45. The molecule has 0 aliphatic carbocycles. The highest BCUT2D eigenvalue weighted by Crippen LogP contribution is 2.21. The third-order valence-electron chi connectivity index (χ3n) is 2.63. The number of anilines is 1. The van der Waals surface area contributed by atoms with Crippen molar-refractivity contribution in [1.29, 1.82) is 0 Å². The van der Waals surface area contributed by atoms with Crippen LogP contribution in [0.1, 0.15) is 25.3 Å². The van der Waals surface area contributed by atoms with Crippen molar-refractivity contribution in [2.24, 2.45) is 0 Å². The van der Waals surface area contributed by atoms with Gasteiger partial charge < -0.3 is 5.32 Å². The quantitative estimate of drug-likeness (QED) is 0.293. The maximum Gasteiger partial charge on any atom is 0.270 e. The molecular weight excluding hydrogens is 268 g/mol. The summed E-state index contributed by atoms with van der Waals surface area (Å²) in [5.41, 5.74) is 4.95. The van der Waals surface area contributed by atoms with Gasteiger partial charge in [-0.3, -0.25) is 10.1 Å². The number of benzene rings is 1. The molecule has 1 rings (SSSR count). The van der Waals surface area contributed by atoms with Crippen LogP contribution in [0, 0.1) is 21.6 Å². The number of nitro groups is 1. The Morgan fingerprint density at radius 3 is 2.60 bits per heavy atom. The lowest BCUT2D eigenvalue weighted by Gasteiger charge is -2.09. The highest BCUT2D eigenvalue weighted by molar-refractivity contribution is 6.83. The van der Waals surface area contributed by atoms with Crippen molar-refractivity contribution in [2.45, 2.75) is 39.4 Å². The number of nitrogens with zero attached hydrogens (tertiary/aromatic N) is 1. The van der Waals surface area contributed by atoms with Gasteiger partial charge in [0.05, 0.1) is 16.2 Å². The number of rotatable bonds is 5. The summed E-state index contributed by atoms with van der Waals surface area (Å²) in [6.07, 6.45) is 2.17. The van der Waals surface area contributed by atoms with E-state index in [1.807, 2.05) is 0 Å². The van der Waals surface area contributed by atoms with Crippen LogP contribution in [0.25, 0.3) is 0 Å². The van der Waals surface area contributed by atoms with Crippen LogP contribution >= 0.6 is 0 Å². The Kier molecular flexibility index (Phi) is 5.77. The zero-order valence-corrected chi connectivity index (χ0v) is 13.6. The molecule has 0 aliphatic heterocycles. The fraction of sp³-hybridized carbons (Fsp3) is 0.467. The molecule has 0 aliphatic rings. The van der Waals surface area contributed by atoms with Gasteiger partial charge in [0.25, 0.3) is 5.69 Å². The van der Waals surface area contributed by atoms with Crippen LogP contribution in [0.2, 0.25) is 19.6 Å². The van der Waals surface area contributed by atoms with Gasteiger partial charge in [-0.05, 0) is 12.5 Å². The van der Waals surface area contributed by atoms with E-state index in [1.165, 1.54) is 6.07 Å². The Morgan fingerprint density at radius 1 is 1.35 bits per heavy atom. The molecule has 0 unspecified atom stereocenters. The molecule has 0 spiro atoms. The number of hydrogen-bond donors (Lipinski definition) is 1.